The molecule has 1 aliphatic heterocycles. The van der Waals surface area contributed by atoms with Gasteiger partial charge < -0.3 is 15.5 Å². The Hall–Kier alpha value is -1.83. The predicted molar refractivity (Wildman–Crippen MR) is 128 cm³/mol. The van der Waals surface area contributed by atoms with E-state index in [1.54, 1.807) is 0 Å². The summed E-state index contributed by atoms with van der Waals surface area (Å²) in [5.41, 5.74) is 1.49. The van der Waals surface area contributed by atoms with Crippen LogP contribution >= 0.6 is 11.8 Å². The molecule has 3 N–H and O–H groups in total. The number of carbonyl (C=O) groups is 2. The largest absolute Gasteiger partial charge is 0.478 e. The van der Waals surface area contributed by atoms with Crippen molar-refractivity contribution in [3.05, 3.63) is 42.0 Å². The first kappa shape index (κ1) is 27.2. The normalized spacial score (nSPS) is 15.2. The number of hydrogen-bond acceptors (Lipinski definition) is 5. The van der Waals surface area contributed by atoms with E-state index in [4.69, 9.17) is 10.2 Å². The van der Waals surface area contributed by atoms with E-state index in [0.717, 1.165) is 25.7 Å². The molecule has 0 bridgehead atoms. The van der Waals surface area contributed by atoms with Crippen LogP contribution in [0.2, 0.25) is 0 Å². The average molecular weight is 451 g/mol. The van der Waals surface area contributed by atoms with E-state index >= 15 is 0 Å². The van der Waals surface area contributed by atoms with Gasteiger partial charge >= 0.3 is 11.9 Å². The molecule has 0 amide bonds. The summed E-state index contributed by atoms with van der Waals surface area (Å²) >= 11 is 2.00. The zero-order chi connectivity index (χ0) is 23.4. The van der Waals surface area contributed by atoms with Gasteiger partial charge in [0.25, 0.3) is 0 Å². The van der Waals surface area contributed by atoms with Crippen LogP contribution in [0.25, 0.3) is 0 Å². The Balaban J connectivity index is 0.000000512. The molecule has 0 unspecified atom stereocenters. The second-order valence-electron chi connectivity index (χ2n) is 9.14. The lowest BCUT2D eigenvalue weighted by Crippen LogP contribution is -2.44. The average Bonchev–Trinajstić information content (AvgIpc) is 2.67. The van der Waals surface area contributed by atoms with E-state index in [2.05, 4.69) is 69.1 Å². The van der Waals surface area contributed by atoms with Gasteiger partial charge in [0.05, 0.1) is 0 Å². The van der Waals surface area contributed by atoms with Gasteiger partial charge in [-0.05, 0) is 43.5 Å². The monoisotopic (exact) mass is 450 g/mol. The number of carboxylic acids is 2. The van der Waals surface area contributed by atoms with E-state index in [0.29, 0.717) is 18.1 Å². The van der Waals surface area contributed by atoms with Gasteiger partial charge in [-0.2, -0.15) is 0 Å². The van der Waals surface area contributed by atoms with Gasteiger partial charge in [-0.15, -0.1) is 11.8 Å². The van der Waals surface area contributed by atoms with Crippen LogP contribution in [0.1, 0.15) is 53.0 Å². The minimum atomic E-state index is -1.26. The first-order valence-corrected chi connectivity index (χ1v) is 11.6. The number of rotatable bonds is 8. The molecule has 0 aromatic heterocycles. The summed E-state index contributed by atoms with van der Waals surface area (Å²) in [5.74, 6) is -1.80. The Labute approximate surface area is 191 Å². The number of carboxylic acid groups (broad SMARTS) is 2. The maximum Gasteiger partial charge on any atom is 0.328 e. The molecule has 31 heavy (non-hydrogen) atoms. The molecule has 1 fully saturated rings. The highest BCUT2D eigenvalue weighted by Crippen LogP contribution is 2.35. The number of hydrogen-bond donors (Lipinski definition) is 3. The predicted octanol–water partition coefficient (Wildman–Crippen LogP) is 4.50. The van der Waals surface area contributed by atoms with Crippen LogP contribution in [-0.2, 0) is 16.1 Å². The summed E-state index contributed by atoms with van der Waals surface area (Å²) in [6.45, 7) is 16.2. The van der Waals surface area contributed by atoms with Crippen molar-refractivity contribution in [3.8, 4) is 0 Å². The highest BCUT2D eigenvalue weighted by Gasteiger charge is 2.23. The van der Waals surface area contributed by atoms with Crippen LogP contribution in [0.3, 0.4) is 0 Å². The summed E-state index contributed by atoms with van der Waals surface area (Å²) in [7, 11) is 0. The zero-order valence-electron chi connectivity index (χ0n) is 19.4. The van der Waals surface area contributed by atoms with Crippen molar-refractivity contribution in [1.82, 2.24) is 10.2 Å². The Morgan fingerprint density at radius 3 is 2.16 bits per heavy atom. The van der Waals surface area contributed by atoms with Crippen molar-refractivity contribution < 1.29 is 19.8 Å². The van der Waals surface area contributed by atoms with Crippen LogP contribution in [0, 0.1) is 5.92 Å². The van der Waals surface area contributed by atoms with Crippen LogP contribution in [-0.4, -0.2) is 57.5 Å². The fraction of sp³-hybridized carbons (Fsp3) is 0.583. The fourth-order valence-electron chi connectivity index (χ4n) is 3.41. The van der Waals surface area contributed by atoms with Crippen molar-refractivity contribution in [2.45, 2.75) is 69.7 Å². The SMILES string of the molecule is CC(C)CN(Cc1ccccc1SC(C)(C)C)C1CCNCC1.O=C(O)C=CC(=O)O. The molecule has 1 aliphatic rings. The Morgan fingerprint density at radius 2 is 1.68 bits per heavy atom. The second-order valence-corrected chi connectivity index (χ2v) is 11.0. The summed E-state index contributed by atoms with van der Waals surface area (Å²) in [4.78, 5) is 23.3. The molecule has 0 atom stereocenters. The number of nitrogens with zero attached hydrogens (tertiary/aromatic N) is 1. The first-order valence-electron chi connectivity index (χ1n) is 10.8. The number of benzene rings is 1. The maximum atomic E-state index is 9.55. The quantitative estimate of drug-likeness (QED) is 0.397. The van der Waals surface area contributed by atoms with Gasteiger partial charge in [0.2, 0.25) is 0 Å². The number of aliphatic carboxylic acids is 2. The molecule has 1 aromatic rings. The van der Waals surface area contributed by atoms with E-state index in [1.807, 2.05) is 11.8 Å². The van der Waals surface area contributed by atoms with Crippen LogP contribution in [0.15, 0.2) is 41.3 Å². The van der Waals surface area contributed by atoms with Crippen LogP contribution in [0.5, 0.6) is 0 Å². The summed E-state index contributed by atoms with van der Waals surface area (Å²) in [5, 5.41) is 19.1. The molecular formula is C24H38N2O4S. The van der Waals surface area contributed by atoms with Crippen LogP contribution in [0.4, 0.5) is 0 Å². The third kappa shape index (κ3) is 12.6. The molecule has 6 nitrogen and oxygen atoms in total. The molecule has 0 aliphatic carbocycles. The van der Waals surface area contributed by atoms with Crippen molar-refractivity contribution in [2.75, 3.05) is 19.6 Å². The van der Waals surface area contributed by atoms with Gasteiger partial charge in [-0.3, -0.25) is 4.90 Å². The summed E-state index contributed by atoms with van der Waals surface area (Å²) < 4.78 is 0.258. The molecular weight excluding hydrogens is 412 g/mol. The van der Waals surface area contributed by atoms with Crippen LogP contribution < -0.4 is 5.32 Å². The summed E-state index contributed by atoms with van der Waals surface area (Å²) in [6, 6.07) is 9.71. The molecule has 0 radical (unpaired) electrons. The Kier molecular flexibility index (Phi) is 11.9. The van der Waals surface area contributed by atoms with Gasteiger partial charge in [0.15, 0.2) is 0 Å². The van der Waals surface area contributed by atoms with Crippen molar-refractivity contribution in [3.63, 3.8) is 0 Å². The number of thioether (sulfide) groups is 1. The topological polar surface area (TPSA) is 89.9 Å². The molecule has 2 rings (SSSR count). The van der Waals surface area contributed by atoms with E-state index in [-0.39, 0.29) is 4.75 Å². The fourth-order valence-corrected chi connectivity index (χ4v) is 4.48. The minimum absolute atomic E-state index is 0.258. The highest BCUT2D eigenvalue weighted by atomic mass is 32.2. The molecule has 1 heterocycles. The van der Waals surface area contributed by atoms with Gasteiger partial charge in [-0.1, -0.05) is 52.8 Å². The standard InChI is InChI=1S/C20H34N2S.C4H4O4/c1-16(2)14-22(18-10-12-21-13-11-18)15-17-8-6-7-9-19(17)23-20(3,4)5;5-3(6)1-2-4(7)8/h6-9,16,18,21H,10-15H2,1-5H3;1-2H,(H,5,6)(H,7,8). The lowest BCUT2D eigenvalue weighted by atomic mass is 10.0. The number of nitrogens with one attached hydrogen (secondary N) is 1. The van der Waals surface area contributed by atoms with E-state index < -0.39 is 11.9 Å². The van der Waals surface area contributed by atoms with E-state index in [9.17, 15) is 9.59 Å². The third-order valence-corrected chi connectivity index (χ3v) is 5.79. The smallest absolute Gasteiger partial charge is 0.328 e. The molecule has 0 spiro atoms. The summed E-state index contributed by atoms with van der Waals surface area (Å²) in [6.07, 6.45) is 3.67. The lowest BCUT2D eigenvalue weighted by molar-refractivity contribution is -0.134. The van der Waals surface area contributed by atoms with Crippen molar-refractivity contribution >= 4 is 23.7 Å². The van der Waals surface area contributed by atoms with Gasteiger partial charge in [0.1, 0.15) is 0 Å². The second kappa shape index (κ2) is 13.6. The van der Waals surface area contributed by atoms with Gasteiger partial charge in [-0.25, -0.2) is 9.59 Å². The highest BCUT2D eigenvalue weighted by molar-refractivity contribution is 8.00. The molecule has 174 valence electrons. The molecule has 0 saturated carbocycles. The maximum absolute atomic E-state index is 9.55. The van der Waals surface area contributed by atoms with Gasteiger partial charge in [0, 0.05) is 40.9 Å². The Bertz CT molecular complexity index is 707. The molecule has 7 heteroatoms. The Morgan fingerprint density at radius 1 is 1.13 bits per heavy atom. The van der Waals surface area contributed by atoms with Crippen molar-refractivity contribution in [2.24, 2.45) is 5.92 Å². The minimum Gasteiger partial charge on any atom is -0.478 e. The lowest BCUT2D eigenvalue weighted by Gasteiger charge is -2.36. The van der Waals surface area contributed by atoms with Crippen molar-refractivity contribution in [1.29, 1.82) is 0 Å². The zero-order valence-corrected chi connectivity index (χ0v) is 20.2. The molecule has 1 aromatic carbocycles. The third-order valence-electron chi connectivity index (χ3n) is 4.56. The number of piperidine rings is 1. The molecule has 1 saturated heterocycles. The first-order chi connectivity index (χ1) is 14.5. The van der Waals surface area contributed by atoms with E-state index in [1.165, 1.54) is 29.8 Å².